The number of anilines is 1. The Balaban J connectivity index is 1.55. The van der Waals surface area contributed by atoms with Gasteiger partial charge in [0, 0.05) is 58.4 Å². The molecule has 132 valence electrons. The number of aryl methyl sites for hydroxylation is 1. The number of rotatable bonds is 3. The Morgan fingerprint density at radius 3 is 2.72 bits per heavy atom. The summed E-state index contributed by atoms with van der Waals surface area (Å²) >= 11 is 0. The highest BCUT2D eigenvalue weighted by Gasteiger charge is 2.31. The first-order valence-corrected chi connectivity index (χ1v) is 8.94. The van der Waals surface area contributed by atoms with Gasteiger partial charge in [-0.05, 0) is 25.0 Å². The summed E-state index contributed by atoms with van der Waals surface area (Å²) in [6, 6.07) is 3.82. The molecule has 0 aliphatic carbocycles. The molecule has 2 aromatic heterocycles. The van der Waals surface area contributed by atoms with Gasteiger partial charge in [-0.2, -0.15) is 0 Å². The second-order valence-electron chi connectivity index (χ2n) is 6.71. The Hall–Kier alpha value is -2.41. The normalized spacial score (nSPS) is 20.9. The summed E-state index contributed by atoms with van der Waals surface area (Å²) in [5.74, 6) is 1.90. The van der Waals surface area contributed by atoms with E-state index in [9.17, 15) is 4.79 Å². The zero-order valence-corrected chi connectivity index (χ0v) is 14.6. The van der Waals surface area contributed by atoms with Crippen molar-refractivity contribution in [2.24, 2.45) is 7.05 Å². The SMILES string of the molecule is Cn1ccnc1C1CNCCN1C(=O)c1ccc(N2CCCC2)nc1. The second kappa shape index (κ2) is 6.84. The lowest BCUT2D eigenvalue weighted by Crippen LogP contribution is -2.49. The fourth-order valence-corrected chi connectivity index (χ4v) is 3.69. The van der Waals surface area contributed by atoms with Gasteiger partial charge in [0.1, 0.15) is 17.7 Å². The van der Waals surface area contributed by atoms with Gasteiger partial charge in [0.2, 0.25) is 0 Å². The molecule has 1 N–H and O–H groups in total. The van der Waals surface area contributed by atoms with Gasteiger partial charge in [0.25, 0.3) is 5.91 Å². The van der Waals surface area contributed by atoms with Crippen LogP contribution in [0.5, 0.6) is 0 Å². The molecule has 0 bridgehead atoms. The van der Waals surface area contributed by atoms with Crippen molar-refractivity contribution in [2.45, 2.75) is 18.9 Å². The van der Waals surface area contributed by atoms with Crippen molar-refractivity contribution in [1.29, 1.82) is 0 Å². The van der Waals surface area contributed by atoms with E-state index in [1.54, 1.807) is 12.4 Å². The minimum Gasteiger partial charge on any atom is -0.357 e. The third-order valence-corrected chi connectivity index (χ3v) is 5.09. The van der Waals surface area contributed by atoms with E-state index < -0.39 is 0 Å². The molecule has 1 amide bonds. The summed E-state index contributed by atoms with van der Waals surface area (Å²) in [6.07, 6.45) is 7.84. The van der Waals surface area contributed by atoms with Gasteiger partial charge in [-0.1, -0.05) is 0 Å². The van der Waals surface area contributed by atoms with Crippen LogP contribution in [0.15, 0.2) is 30.7 Å². The van der Waals surface area contributed by atoms with Crippen molar-refractivity contribution in [3.63, 3.8) is 0 Å². The average molecular weight is 340 g/mol. The molecule has 7 heteroatoms. The lowest BCUT2D eigenvalue weighted by atomic mass is 10.1. The Kier molecular flexibility index (Phi) is 4.40. The van der Waals surface area contributed by atoms with Crippen molar-refractivity contribution in [3.8, 4) is 0 Å². The van der Waals surface area contributed by atoms with E-state index in [0.717, 1.165) is 37.8 Å². The van der Waals surface area contributed by atoms with Crippen molar-refractivity contribution < 1.29 is 4.79 Å². The van der Waals surface area contributed by atoms with Crippen molar-refractivity contribution in [1.82, 2.24) is 24.8 Å². The van der Waals surface area contributed by atoms with Crippen LogP contribution in [0.1, 0.15) is 35.1 Å². The summed E-state index contributed by atoms with van der Waals surface area (Å²) in [5, 5.41) is 3.36. The van der Waals surface area contributed by atoms with Crippen LogP contribution in [0.4, 0.5) is 5.82 Å². The zero-order valence-electron chi connectivity index (χ0n) is 14.6. The predicted octanol–water partition coefficient (Wildman–Crippen LogP) is 1.20. The van der Waals surface area contributed by atoms with E-state index in [4.69, 9.17) is 0 Å². The molecule has 0 saturated carbocycles. The minimum atomic E-state index is -0.0560. The Bertz CT molecular complexity index is 734. The van der Waals surface area contributed by atoms with Gasteiger partial charge < -0.3 is 19.7 Å². The van der Waals surface area contributed by atoms with Gasteiger partial charge in [-0.25, -0.2) is 9.97 Å². The van der Waals surface area contributed by atoms with Crippen LogP contribution < -0.4 is 10.2 Å². The van der Waals surface area contributed by atoms with E-state index in [-0.39, 0.29) is 11.9 Å². The number of hydrogen-bond donors (Lipinski definition) is 1. The highest BCUT2D eigenvalue weighted by Crippen LogP contribution is 2.24. The number of aromatic nitrogens is 3. The molecule has 4 rings (SSSR count). The first-order chi connectivity index (χ1) is 12.2. The molecule has 4 heterocycles. The smallest absolute Gasteiger partial charge is 0.256 e. The standard InChI is InChI=1S/C18H24N6O/c1-22-10-7-20-17(22)15-13-19-6-11-24(15)18(25)14-4-5-16(21-12-14)23-8-2-3-9-23/h4-5,7,10,12,15,19H,2-3,6,8-9,11,13H2,1H3. The van der Waals surface area contributed by atoms with Crippen LogP contribution in [0.3, 0.4) is 0 Å². The van der Waals surface area contributed by atoms with E-state index in [2.05, 4.69) is 20.2 Å². The van der Waals surface area contributed by atoms with Gasteiger partial charge >= 0.3 is 0 Å². The molecule has 2 fully saturated rings. The molecule has 2 saturated heterocycles. The molecule has 0 spiro atoms. The third-order valence-electron chi connectivity index (χ3n) is 5.09. The molecule has 1 atom stereocenters. The van der Waals surface area contributed by atoms with E-state index in [1.807, 2.05) is 34.8 Å². The number of hydrogen-bond acceptors (Lipinski definition) is 5. The molecular weight excluding hydrogens is 316 g/mol. The maximum atomic E-state index is 13.1. The van der Waals surface area contributed by atoms with Gasteiger partial charge in [-0.15, -0.1) is 0 Å². The van der Waals surface area contributed by atoms with Crippen LogP contribution in [-0.4, -0.2) is 58.1 Å². The largest absolute Gasteiger partial charge is 0.357 e. The van der Waals surface area contributed by atoms with Crippen LogP contribution in [0.25, 0.3) is 0 Å². The van der Waals surface area contributed by atoms with Crippen LogP contribution in [-0.2, 0) is 7.05 Å². The molecule has 7 nitrogen and oxygen atoms in total. The van der Waals surface area contributed by atoms with Crippen molar-refractivity contribution >= 4 is 11.7 Å². The average Bonchev–Trinajstić information content (AvgIpc) is 3.33. The Labute approximate surface area is 147 Å². The zero-order chi connectivity index (χ0) is 17.2. The van der Waals surface area contributed by atoms with E-state index in [0.29, 0.717) is 12.1 Å². The number of nitrogens with one attached hydrogen (secondary N) is 1. The molecule has 2 aromatic rings. The molecule has 2 aliphatic heterocycles. The van der Waals surface area contributed by atoms with E-state index >= 15 is 0 Å². The molecule has 2 aliphatic rings. The number of carbonyl (C=O) groups excluding carboxylic acids is 1. The number of nitrogens with zero attached hydrogens (tertiary/aromatic N) is 5. The molecule has 1 unspecified atom stereocenters. The lowest BCUT2D eigenvalue weighted by Gasteiger charge is -2.35. The maximum Gasteiger partial charge on any atom is 0.256 e. The summed E-state index contributed by atoms with van der Waals surface area (Å²) in [5.41, 5.74) is 0.643. The number of imidazole rings is 1. The summed E-state index contributed by atoms with van der Waals surface area (Å²) in [7, 11) is 1.96. The maximum absolute atomic E-state index is 13.1. The van der Waals surface area contributed by atoms with Crippen molar-refractivity contribution in [2.75, 3.05) is 37.6 Å². The molecule has 0 aromatic carbocycles. The summed E-state index contributed by atoms with van der Waals surface area (Å²) in [6.45, 7) is 4.30. The number of carbonyl (C=O) groups is 1. The third kappa shape index (κ3) is 3.11. The predicted molar refractivity (Wildman–Crippen MR) is 95.5 cm³/mol. The monoisotopic (exact) mass is 340 g/mol. The van der Waals surface area contributed by atoms with E-state index in [1.165, 1.54) is 12.8 Å². The fourth-order valence-electron chi connectivity index (χ4n) is 3.69. The van der Waals surface area contributed by atoms with Crippen LogP contribution in [0.2, 0.25) is 0 Å². The molecule has 0 radical (unpaired) electrons. The van der Waals surface area contributed by atoms with Gasteiger partial charge in [-0.3, -0.25) is 4.79 Å². The first kappa shape index (κ1) is 16.1. The number of pyridine rings is 1. The lowest BCUT2D eigenvalue weighted by molar-refractivity contribution is 0.0620. The van der Waals surface area contributed by atoms with Crippen molar-refractivity contribution in [3.05, 3.63) is 42.1 Å². The minimum absolute atomic E-state index is 0.0231. The quantitative estimate of drug-likeness (QED) is 0.909. The Morgan fingerprint density at radius 1 is 1.20 bits per heavy atom. The summed E-state index contributed by atoms with van der Waals surface area (Å²) in [4.78, 5) is 26.2. The highest BCUT2D eigenvalue weighted by molar-refractivity contribution is 5.94. The van der Waals surface area contributed by atoms with Gasteiger partial charge in [0.15, 0.2) is 0 Å². The highest BCUT2D eigenvalue weighted by atomic mass is 16.2. The topological polar surface area (TPSA) is 66.3 Å². The number of piperazine rings is 1. The molecule has 25 heavy (non-hydrogen) atoms. The van der Waals surface area contributed by atoms with Gasteiger partial charge in [0.05, 0.1) is 5.56 Å². The van der Waals surface area contributed by atoms with Crippen LogP contribution in [0, 0.1) is 0 Å². The fraction of sp³-hybridized carbons (Fsp3) is 0.500. The molecular formula is C18H24N6O. The second-order valence-corrected chi connectivity index (χ2v) is 6.71. The summed E-state index contributed by atoms with van der Waals surface area (Å²) < 4.78 is 1.98. The first-order valence-electron chi connectivity index (χ1n) is 8.94. The Morgan fingerprint density at radius 2 is 2.04 bits per heavy atom. The number of amides is 1. The van der Waals surface area contributed by atoms with Crippen LogP contribution >= 0.6 is 0 Å².